The number of halogens is 3. The lowest BCUT2D eigenvalue weighted by Crippen LogP contribution is -1.99. The molecule has 3 aromatic carbocycles. The second-order valence-electron chi connectivity index (χ2n) is 8.08. The molecule has 5 heteroatoms. The average Bonchev–Trinajstić information content (AvgIpc) is 2.84. The van der Waals surface area contributed by atoms with E-state index in [1.165, 1.54) is 6.07 Å². The molecule has 4 rings (SSSR count). The van der Waals surface area contributed by atoms with Gasteiger partial charge < -0.3 is 4.74 Å². The first kappa shape index (κ1) is 23.4. The number of hydrogen-bond acceptors (Lipinski definition) is 2. The quantitative estimate of drug-likeness (QED) is 0.219. The van der Waals surface area contributed by atoms with Gasteiger partial charge in [0.15, 0.2) is 11.6 Å². The van der Waals surface area contributed by atoms with E-state index in [4.69, 9.17) is 4.74 Å². The number of nitrogens with zero attached hydrogens (tertiary/aromatic N) is 1. The summed E-state index contributed by atoms with van der Waals surface area (Å²) in [6, 6.07) is 16.1. The highest BCUT2D eigenvalue weighted by Crippen LogP contribution is 2.20. The Kier molecular flexibility index (Phi) is 7.49. The van der Waals surface area contributed by atoms with Gasteiger partial charge in [-0.05, 0) is 84.1 Å². The SMILES string of the molecule is CCCCOc1ccc(CCc2ccc(C#Cc3ccc4cc(F)c(F)cc4c3)c(F)c2)nc1. The average molecular weight is 460 g/mol. The first-order valence-electron chi connectivity index (χ1n) is 11.3. The van der Waals surface area contributed by atoms with Crippen LogP contribution in [0, 0.1) is 29.3 Å². The normalized spacial score (nSPS) is 10.7. The van der Waals surface area contributed by atoms with Crippen LogP contribution in [-0.4, -0.2) is 11.6 Å². The van der Waals surface area contributed by atoms with Gasteiger partial charge in [0.2, 0.25) is 0 Å². The van der Waals surface area contributed by atoms with Crippen LogP contribution in [-0.2, 0) is 12.8 Å². The Morgan fingerprint density at radius 1 is 0.794 bits per heavy atom. The monoisotopic (exact) mass is 459 g/mol. The maximum absolute atomic E-state index is 14.6. The zero-order valence-corrected chi connectivity index (χ0v) is 18.9. The summed E-state index contributed by atoms with van der Waals surface area (Å²) in [5, 5.41) is 1.11. The minimum atomic E-state index is -0.911. The maximum atomic E-state index is 14.6. The molecule has 0 unspecified atom stereocenters. The number of pyridine rings is 1. The van der Waals surface area contributed by atoms with Crippen molar-refractivity contribution in [3.05, 3.63) is 107 Å². The smallest absolute Gasteiger partial charge is 0.159 e. The van der Waals surface area contributed by atoms with Gasteiger partial charge in [0.1, 0.15) is 11.6 Å². The van der Waals surface area contributed by atoms with E-state index in [0.29, 0.717) is 35.8 Å². The lowest BCUT2D eigenvalue weighted by Gasteiger charge is -2.06. The number of rotatable bonds is 7. The third kappa shape index (κ3) is 5.96. The first-order chi connectivity index (χ1) is 16.5. The number of ether oxygens (including phenoxy) is 1. The van der Waals surface area contributed by atoms with Gasteiger partial charge in [-0.3, -0.25) is 4.98 Å². The molecule has 0 aliphatic carbocycles. The van der Waals surface area contributed by atoms with Gasteiger partial charge in [-0.25, -0.2) is 13.2 Å². The number of fused-ring (bicyclic) bond motifs is 1. The lowest BCUT2D eigenvalue weighted by atomic mass is 10.0. The van der Waals surface area contributed by atoms with Crippen molar-refractivity contribution in [3.63, 3.8) is 0 Å². The Labute approximate surface area is 197 Å². The molecule has 1 aromatic heterocycles. The molecule has 4 aromatic rings. The molecule has 0 fully saturated rings. The molecular weight excluding hydrogens is 435 g/mol. The second kappa shape index (κ2) is 10.9. The molecule has 172 valence electrons. The summed E-state index contributed by atoms with van der Waals surface area (Å²) in [7, 11) is 0. The van der Waals surface area contributed by atoms with Crippen LogP contribution in [0.1, 0.15) is 42.1 Å². The summed E-state index contributed by atoms with van der Waals surface area (Å²) in [6.07, 6.45) is 5.16. The Bertz CT molecular complexity index is 1350. The molecule has 0 saturated heterocycles. The number of aromatic nitrogens is 1. The first-order valence-corrected chi connectivity index (χ1v) is 11.3. The molecule has 2 nitrogen and oxygen atoms in total. The molecule has 0 amide bonds. The van der Waals surface area contributed by atoms with Crippen LogP contribution in [0.4, 0.5) is 13.2 Å². The molecule has 0 N–H and O–H groups in total. The zero-order valence-electron chi connectivity index (χ0n) is 18.9. The topological polar surface area (TPSA) is 22.1 Å². The highest BCUT2D eigenvalue weighted by atomic mass is 19.2. The standard InChI is InChI=1S/C29H24F3NO/c1-2-3-14-34-26-13-12-25(33-19-26)11-7-21-5-9-22(27(30)16-21)8-4-20-6-10-23-17-28(31)29(32)18-24(23)15-20/h5-6,9-10,12-13,15-19H,2-3,7,11,14H2,1H3. The summed E-state index contributed by atoms with van der Waals surface area (Å²) in [4.78, 5) is 4.42. The van der Waals surface area contributed by atoms with Crippen molar-refractivity contribution < 1.29 is 17.9 Å². The largest absolute Gasteiger partial charge is 0.492 e. The van der Waals surface area contributed by atoms with Crippen LogP contribution >= 0.6 is 0 Å². The molecule has 0 spiro atoms. The molecule has 0 aliphatic heterocycles. The summed E-state index contributed by atoms with van der Waals surface area (Å²) in [5.41, 5.74) is 2.65. The van der Waals surface area contributed by atoms with E-state index in [1.807, 2.05) is 18.2 Å². The van der Waals surface area contributed by atoms with E-state index in [2.05, 4.69) is 23.7 Å². The van der Waals surface area contributed by atoms with Crippen molar-refractivity contribution in [2.24, 2.45) is 0 Å². The molecule has 0 aliphatic rings. The molecule has 0 atom stereocenters. The molecule has 0 radical (unpaired) electrons. The predicted octanol–water partition coefficient (Wildman–Crippen LogP) is 7.02. The molecular formula is C29H24F3NO. The minimum absolute atomic E-state index is 0.279. The summed E-state index contributed by atoms with van der Waals surface area (Å²) < 4.78 is 47.1. The van der Waals surface area contributed by atoms with Crippen LogP contribution in [0.2, 0.25) is 0 Å². The summed E-state index contributed by atoms with van der Waals surface area (Å²) >= 11 is 0. The van der Waals surface area contributed by atoms with E-state index < -0.39 is 17.5 Å². The van der Waals surface area contributed by atoms with Crippen molar-refractivity contribution in [2.45, 2.75) is 32.6 Å². The predicted molar refractivity (Wildman–Crippen MR) is 128 cm³/mol. The van der Waals surface area contributed by atoms with Gasteiger partial charge in [0, 0.05) is 11.3 Å². The Morgan fingerprint density at radius 2 is 1.62 bits per heavy atom. The van der Waals surface area contributed by atoms with E-state index in [9.17, 15) is 13.2 Å². The van der Waals surface area contributed by atoms with Gasteiger partial charge in [-0.2, -0.15) is 0 Å². The van der Waals surface area contributed by atoms with Gasteiger partial charge in [-0.1, -0.05) is 37.3 Å². The minimum Gasteiger partial charge on any atom is -0.492 e. The number of unbranched alkanes of at least 4 members (excludes halogenated alkanes) is 1. The van der Waals surface area contributed by atoms with Gasteiger partial charge >= 0.3 is 0 Å². The molecule has 34 heavy (non-hydrogen) atoms. The van der Waals surface area contributed by atoms with Crippen LogP contribution in [0.5, 0.6) is 5.75 Å². The van der Waals surface area contributed by atoms with Crippen molar-refractivity contribution in [1.82, 2.24) is 4.98 Å². The third-order valence-electron chi connectivity index (χ3n) is 5.49. The number of hydrogen-bond donors (Lipinski definition) is 0. The molecule has 0 saturated carbocycles. The van der Waals surface area contributed by atoms with Crippen LogP contribution in [0.15, 0.2) is 66.9 Å². The van der Waals surface area contributed by atoms with Crippen LogP contribution in [0.3, 0.4) is 0 Å². The Balaban J connectivity index is 1.39. The van der Waals surface area contributed by atoms with Crippen molar-refractivity contribution in [3.8, 4) is 17.6 Å². The lowest BCUT2D eigenvalue weighted by molar-refractivity contribution is 0.308. The highest BCUT2D eigenvalue weighted by Gasteiger charge is 2.06. The fraction of sp³-hybridized carbons (Fsp3) is 0.207. The third-order valence-corrected chi connectivity index (χ3v) is 5.49. The summed E-state index contributed by atoms with van der Waals surface area (Å²) in [5.74, 6) is 4.29. The molecule has 1 heterocycles. The summed E-state index contributed by atoms with van der Waals surface area (Å²) in [6.45, 7) is 2.80. The highest BCUT2D eigenvalue weighted by molar-refractivity contribution is 5.84. The van der Waals surface area contributed by atoms with Crippen molar-refractivity contribution in [1.29, 1.82) is 0 Å². The van der Waals surface area contributed by atoms with Crippen LogP contribution < -0.4 is 4.74 Å². The number of benzene rings is 3. The van der Waals surface area contributed by atoms with E-state index in [1.54, 1.807) is 30.5 Å². The fourth-order valence-electron chi connectivity index (χ4n) is 3.53. The van der Waals surface area contributed by atoms with Crippen molar-refractivity contribution >= 4 is 10.8 Å². The molecule has 0 bridgehead atoms. The van der Waals surface area contributed by atoms with Gasteiger partial charge in [0.05, 0.1) is 18.4 Å². The zero-order chi connectivity index (χ0) is 23.9. The van der Waals surface area contributed by atoms with Gasteiger partial charge in [-0.15, -0.1) is 0 Å². The number of aryl methyl sites for hydroxylation is 2. The fourth-order valence-corrected chi connectivity index (χ4v) is 3.53. The van der Waals surface area contributed by atoms with Crippen molar-refractivity contribution in [2.75, 3.05) is 6.61 Å². The second-order valence-corrected chi connectivity index (χ2v) is 8.08. The van der Waals surface area contributed by atoms with Crippen LogP contribution in [0.25, 0.3) is 10.8 Å². The van der Waals surface area contributed by atoms with E-state index in [0.717, 1.165) is 42.0 Å². The van der Waals surface area contributed by atoms with E-state index >= 15 is 0 Å². The maximum Gasteiger partial charge on any atom is 0.159 e. The van der Waals surface area contributed by atoms with Gasteiger partial charge in [0.25, 0.3) is 0 Å². The van der Waals surface area contributed by atoms with E-state index in [-0.39, 0.29) is 5.56 Å². The Morgan fingerprint density at radius 3 is 2.35 bits per heavy atom. The Hall–Kier alpha value is -3.78.